The minimum atomic E-state index is -0.569. The molecule has 2 aliphatic rings. The number of carbonyl (C=O) groups is 1. The van der Waals surface area contributed by atoms with E-state index < -0.39 is 11.6 Å². The van der Waals surface area contributed by atoms with E-state index in [1.807, 2.05) is 31.7 Å². The highest BCUT2D eigenvalue weighted by Crippen LogP contribution is 2.49. The molecule has 4 heterocycles. The maximum absolute atomic E-state index is 14.5. The number of pyridine rings is 2. The molecule has 0 spiro atoms. The molecule has 0 bridgehead atoms. The van der Waals surface area contributed by atoms with Gasteiger partial charge in [0.25, 0.3) is 5.56 Å². The van der Waals surface area contributed by atoms with Crippen molar-refractivity contribution in [3.63, 3.8) is 0 Å². The lowest BCUT2D eigenvalue weighted by atomic mass is 9.88. The molecule has 2 N–H and O–H groups in total. The van der Waals surface area contributed by atoms with Crippen LogP contribution in [0.5, 0.6) is 0 Å². The molecule has 0 aliphatic carbocycles. The number of hydrogen-bond donors (Lipinski definition) is 1. The number of fused-ring (bicyclic) bond motifs is 1. The summed E-state index contributed by atoms with van der Waals surface area (Å²) < 4.78 is 1.50. The van der Waals surface area contributed by atoms with E-state index in [-0.39, 0.29) is 71.0 Å². The summed E-state index contributed by atoms with van der Waals surface area (Å²) in [4.78, 5) is 39.9. The Labute approximate surface area is 285 Å². The van der Waals surface area contributed by atoms with Gasteiger partial charge in [-0.15, -0.1) is 0 Å². The molecule has 0 saturated carbocycles. The maximum atomic E-state index is 14.5. The summed E-state index contributed by atoms with van der Waals surface area (Å²) in [6.07, 6.45) is 4.88. The number of hydrogen-bond acceptors (Lipinski definition) is 7. The lowest BCUT2D eigenvalue weighted by Crippen LogP contribution is -2.49. The number of rotatable bonds is 5. The Morgan fingerprint density at radius 3 is 2.36 bits per heavy atom. The fraction of sp³-hybridized carbons (Fsp3) is 0.323. The van der Waals surface area contributed by atoms with Crippen LogP contribution in [0.1, 0.15) is 32.4 Å². The first kappa shape index (κ1) is 33.1. The van der Waals surface area contributed by atoms with Gasteiger partial charge >= 0.3 is 0 Å². The molecule has 1 fully saturated rings. The third kappa shape index (κ3) is 5.57. The highest BCUT2D eigenvalue weighted by Gasteiger charge is 2.35. The van der Waals surface area contributed by atoms with E-state index in [4.69, 9.17) is 68.7 Å². The normalized spacial score (nSPS) is 18.4. The number of halogens is 5. The van der Waals surface area contributed by atoms with Crippen molar-refractivity contribution in [2.75, 3.05) is 36.8 Å². The molecular formula is C31H28Cl5N7O2. The summed E-state index contributed by atoms with van der Waals surface area (Å²) in [5, 5.41) is 10.9. The van der Waals surface area contributed by atoms with Gasteiger partial charge in [0.05, 0.1) is 48.2 Å². The lowest BCUT2D eigenvalue weighted by molar-refractivity contribution is -0.126. The SMILES string of the molecule is C=CC(=O)N1CCN(c2c(C#N)c(=O)n([C@H]3C(C(C)C)=NC=C[C@H]3C)c3nc(-c4c(N)c(Cl)c(Cl)c(Cl)c4Cl)c(Cl)cc23)CC1. The number of benzene rings is 1. The number of aliphatic imine (C=N–C) groups is 1. The summed E-state index contributed by atoms with van der Waals surface area (Å²) in [6, 6.07) is 3.21. The standard InChI is InChI=1S/C31H28Cl5N7O2/c1-5-19(44)41-8-10-42(11-9-41)29-16-12-18(32)27(20-21(33)22(34)23(35)24(36)25(20)38)40-30(16)43(31(45)17(29)13-37)28-15(4)6-7-39-26(28)14(2)3/h5-7,12,14-15,28H,1,8-11,38H2,2-4H3/t15-,28-/m1/s1. The first-order chi connectivity index (χ1) is 21.3. The molecule has 3 aromatic rings. The Morgan fingerprint density at radius 2 is 1.76 bits per heavy atom. The van der Waals surface area contributed by atoms with Crippen LogP contribution in [0, 0.1) is 23.2 Å². The van der Waals surface area contributed by atoms with E-state index in [2.05, 4.69) is 17.6 Å². The van der Waals surface area contributed by atoms with Gasteiger partial charge in [-0.25, -0.2) is 4.98 Å². The lowest BCUT2D eigenvalue weighted by Gasteiger charge is -2.37. The Hall–Kier alpha value is -3.26. The van der Waals surface area contributed by atoms with Crippen molar-refractivity contribution in [1.29, 1.82) is 5.26 Å². The number of nitrogen functional groups attached to an aromatic ring is 1. The van der Waals surface area contributed by atoms with Crippen molar-refractivity contribution in [3.8, 4) is 17.3 Å². The first-order valence-corrected chi connectivity index (χ1v) is 15.9. The van der Waals surface area contributed by atoms with Crippen LogP contribution in [0.4, 0.5) is 11.4 Å². The van der Waals surface area contributed by atoms with Crippen LogP contribution in [-0.4, -0.2) is 52.2 Å². The Morgan fingerprint density at radius 1 is 1.11 bits per heavy atom. The van der Waals surface area contributed by atoms with Crippen LogP contribution in [0.15, 0.2) is 40.8 Å². The zero-order valence-electron chi connectivity index (χ0n) is 24.5. The molecule has 5 rings (SSSR count). The van der Waals surface area contributed by atoms with Gasteiger partial charge in [0.1, 0.15) is 17.3 Å². The predicted molar refractivity (Wildman–Crippen MR) is 184 cm³/mol. The maximum Gasteiger partial charge on any atom is 0.272 e. The van der Waals surface area contributed by atoms with Crippen molar-refractivity contribution in [1.82, 2.24) is 14.5 Å². The van der Waals surface area contributed by atoms with Crippen molar-refractivity contribution >= 4 is 92.0 Å². The van der Waals surface area contributed by atoms with Crippen LogP contribution in [0.25, 0.3) is 22.3 Å². The van der Waals surface area contributed by atoms with E-state index in [0.717, 1.165) is 5.71 Å². The molecule has 2 aliphatic heterocycles. The van der Waals surface area contributed by atoms with Crippen LogP contribution >= 0.6 is 58.0 Å². The summed E-state index contributed by atoms with van der Waals surface area (Å²) in [6.45, 7) is 11.0. The predicted octanol–water partition coefficient (Wildman–Crippen LogP) is 7.42. The molecule has 0 unspecified atom stereocenters. The first-order valence-electron chi connectivity index (χ1n) is 14.0. The Balaban J connectivity index is 1.88. The zero-order valence-corrected chi connectivity index (χ0v) is 28.3. The smallest absolute Gasteiger partial charge is 0.272 e. The minimum absolute atomic E-state index is 0.00832. The highest BCUT2D eigenvalue weighted by molar-refractivity contribution is 6.54. The monoisotopic (exact) mass is 705 g/mol. The van der Waals surface area contributed by atoms with Crippen molar-refractivity contribution in [2.45, 2.75) is 26.8 Å². The third-order valence-corrected chi connectivity index (χ3v) is 10.2. The summed E-state index contributed by atoms with van der Waals surface area (Å²) >= 11 is 32.7. The summed E-state index contributed by atoms with van der Waals surface area (Å²) in [5.74, 6) is -0.407. The number of piperazine rings is 1. The van der Waals surface area contributed by atoms with Crippen LogP contribution in [0.3, 0.4) is 0 Å². The number of nitrogens with two attached hydrogens (primary N) is 1. The molecule has 9 nitrogen and oxygen atoms in total. The van der Waals surface area contributed by atoms with Gasteiger partial charge in [-0.2, -0.15) is 5.26 Å². The highest BCUT2D eigenvalue weighted by atomic mass is 35.5. The Kier molecular flexibility index (Phi) is 9.46. The number of nitriles is 1. The van der Waals surface area contributed by atoms with E-state index in [9.17, 15) is 14.9 Å². The molecular weight excluding hydrogens is 680 g/mol. The number of amides is 1. The number of aromatic nitrogens is 2. The van der Waals surface area contributed by atoms with Gasteiger partial charge in [0.15, 0.2) is 0 Å². The summed E-state index contributed by atoms with van der Waals surface area (Å²) in [7, 11) is 0. The van der Waals surface area contributed by atoms with Crippen LogP contribution < -0.4 is 16.2 Å². The molecule has 0 radical (unpaired) electrons. The second-order valence-electron chi connectivity index (χ2n) is 11.1. The van der Waals surface area contributed by atoms with Gasteiger partial charge in [-0.3, -0.25) is 19.1 Å². The second-order valence-corrected chi connectivity index (χ2v) is 13.0. The van der Waals surface area contributed by atoms with Gasteiger partial charge in [0.2, 0.25) is 5.91 Å². The number of nitrogens with zero attached hydrogens (tertiary/aromatic N) is 6. The van der Waals surface area contributed by atoms with Crippen molar-refractivity contribution < 1.29 is 4.79 Å². The van der Waals surface area contributed by atoms with Gasteiger partial charge in [-0.1, -0.05) is 91.4 Å². The third-order valence-electron chi connectivity index (χ3n) is 8.13. The second kappa shape index (κ2) is 12.9. The van der Waals surface area contributed by atoms with Gasteiger partial charge in [-0.05, 0) is 18.1 Å². The van der Waals surface area contributed by atoms with Crippen molar-refractivity contribution in [3.05, 3.63) is 72.0 Å². The minimum Gasteiger partial charge on any atom is -0.397 e. The number of anilines is 2. The van der Waals surface area contributed by atoms with E-state index in [1.54, 1.807) is 17.2 Å². The number of carbonyl (C=O) groups excluding carboxylic acids is 1. The molecule has 1 saturated heterocycles. The molecule has 234 valence electrons. The average molecular weight is 708 g/mol. The van der Waals surface area contributed by atoms with E-state index in [0.29, 0.717) is 37.3 Å². The van der Waals surface area contributed by atoms with Crippen LogP contribution in [0.2, 0.25) is 25.1 Å². The topological polar surface area (TPSA) is 121 Å². The fourth-order valence-corrected chi connectivity index (χ4v) is 7.09. The molecule has 1 aromatic carbocycles. The van der Waals surface area contributed by atoms with E-state index >= 15 is 0 Å². The fourth-order valence-electron chi connectivity index (χ4n) is 5.89. The van der Waals surface area contributed by atoms with Gasteiger partial charge < -0.3 is 15.5 Å². The molecule has 14 heteroatoms. The largest absolute Gasteiger partial charge is 0.397 e. The molecule has 2 atom stereocenters. The number of allylic oxidation sites excluding steroid dienone is 1. The Bertz CT molecular complexity index is 1890. The average Bonchev–Trinajstić information content (AvgIpc) is 3.02. The zero-order chi connectivity index (χ0) is 32.9. The summed E-state index contributed by atoms with van der Waals surface area (Å²) in [5.41, 5.74) is 7.40. The molecule has 2 aromatic heterocycles. The quantitative estimate of drug-likeness (QED) is 0.128. The van der Waals surface area contributed by atoms with E-state index in [1.165, 1.54) is 10.6 Å². The van der Waals surface area contributed by atoms with Gasteiger partial charge in [0, 0.05) is 55.0 Å². The molecule has 45 heavy (non-hydrogen) atoms. The van der Waals surface area contributed by atoms with Crippen LogP contribution in [-0.2, 0) is 4.79 Å². The molecule has 1 amide bonds. The van der Waals surface area contributed by atoms with Crippen molar-refractivity contribution in [2.24, 2.45) is 16.8 Å².